The summed E-state index contributed by atoms with van der Waals surface area (Å²) in [7, 11) is 0. The zero-order valence-electron chi connectivity index (χ0n) is 22.8. The highest BCUT2D eigenvalue weighted by atomic mass is 19.4. The Morgan fingerprint density at radius 3 is 2.44 bits per heavy atom. The quantitative estimate of drug-likeness (QED) is 0.218. The number of hydrogen-bond acceptors (Lipinski definition) is 4. The minimum Gasteiger partial charge on any atom is -0.493 e. The van der Waals surface area contributed by atoms with Crippen molar-refractivity contribution < 1.29 is 23.0 Å². The fourth-order valence-electron chi connectivity index (χ4n) is 5.87. The lowest BCUT2D eigenvalue weighted by molar-refractivity contribution is -0.266. The molecule has 0 aliphatic carbocycles. The molecule has 0 fully saturated rings. The third kappa shape index (κ3) is 5.20. The van der Waals surface area contributed by atoms with E-state index in [1.807, 2.05) is 60.7 Å². The largest absolute Gasteiger partial charge is 0.493 e. The molecule has 0 spiro atoms. The van der Waals surface area contributed by atoms with E-state index in [4.69, 9.17) is 4.74 Å². The highest BCUT2D eigenvalue weighted by molar-refractivity contribution is 5.83. The predicted molar refractivity (Wildman–Crippen MR) is 153 cm³/mol. The lowest BCUT2D eigenvalue weighted by atomic mass is 9.72. The zero-order chi connectivity index (χ0) is 28.8. The van der Waals surface area contributed by atoms with Crippen LogP contribution in [0.3, 0.4) is 0 Å². The molecule has 0 radical (unpaired) electrons. The molecule has 1 aliphatic rings. The molecule has 5 aromatic rings. The predicted octanol–water partition coefficient (Wildman–Crippen LogP) is 7.43. The standard InChI is InChI=1S/C33H30F3N3O2/c1-31(2,27-15-24(23-9-6-11-37-18-23)13-22-10-12-41-30(22)27)20-32(40,33(34,35)36)17-26-14-25-16-28(38-19-29(25)39-26)21-7-4-3-5-8-21/h3-9,11,13-16,18-19,39-40H,10,12,17,20H2,1-2H3. The Hall–Kier alpha value is -4.17. The Bertz CT molecular complexity index is 1700. The Morgan fingerprint density at radius 2 is 1.71 bits per heavy atom. The van der Waals surface area contributed by atoms with Crippen molar-refractivity contribution >= 4 is 10.9 Å². The van der Waals surface area contributed by atoms with Crippen LogP contribution in [0.15, 0.2) is 85.3 Å². The molecule has 2 aromatic carbocycles. The number of aromatic nitrogens is 3. The van der Waals surface area contributed by atoms with Gasteiger partial charge in [0.2, 0.25) is 0 Å². The number of nitrogens with one attached hydrogen (secondary N) is 1. The Labute approximate surface area is 236 Å². The first-order chi connectivity index (χ1) is 19.5. The van der Waals surface area contributed by atoms with Crippen molar-refractivity contribution in [2.45, 2.75) is 50.3 Å². The van der Waals surface area contributed by atoms with Crippen LogP contribution < -0.4 is 4.74 Å². The van der Waals surface area contributed by atoms with Crippen LogP contribution in [0.4, 0.5) is 13.2 Å². The third-order valence-corrected chi connectivity index (χ3v) is 7.88. The van der Waals surface area contributed by atoms with Gasteiger partial charge in [-0.25, -0.2) is 0 Å². The first kappa shape index (κ1) is 27.0. The molecule has 1 aliphatic heterocycles. The zero-order valence-corrected chi connectivity index (χ0v) is 22.8. The van der Waals surface area contributed by atoms with E-state index in [1.54, 1.807) is 38.5 Å². The van der Waals surface area contributed by atoms with Crippen LogP contribution in [-0.4, -0.2) is 38.4 Å². The van der Waals surface area contributed by atoms with Crippen LogP contribution in [0.5, 0.6) is 5.75 Å². The van der Waals surface area contributed by atoms with Gasteiger partial charge in [0, 0.05) is 53.0 Å². The van der Waals surface area contributed by atoms with Gasteiger partial charge in [-0.15, -0.1) is 0 Å². The summed E-state index contributed by atoms with van der Waals surface area (Å²) >= 11 is 0. The van der Waals surface area contributed by atoms with E-state index < -0.39 is 30.0 Å². The summed E-state index contributed by atoms with van der Waals surface area (Å²) in [5, 5.41) is 12.1. The second-order valence-electron chi connectivity index (χ2n) is 11.4. The fraction of sp³-hybridized carbons (Fsp3) is 0.273. The molecule has 210 valence electrons. The van der Waals surface area contributed by atoms with Gasteiger partial charge in [-0.05, 0) is 53.3 Å². The number of hydrogen-bond donors (Lipinski definition) is 2. The SMILES string of the molecule is CC(C)(CC(O)(Cc1cc2cc(-c3ccccc3)ncc2[nH]1)C(F)(F)F)c1cc(-c2cccnc2)cc2c1OCC2. The van der Waals surface area contributed by atoms with Crippen molar-refractivity contribution in [1.82, 2.24) is 15.0 Å². The molecule has 0 amide bonds. The van der Waals surface area contributed by atoms with Crippen LogP contribution in [0.1, 0.15) is 37.1 Å². The fourth-order valence-corrected chi connectivity index (χ4v) is 5.87. The van der Waals surface area contributed by atoms with E-state index in [9.17, 15) is 18.3 Å². The number of rotatable bonds is 7. The highest BCUT2D eigenvalue weighted by Crippen LogP contribution is 2.48. The molecule has 1 atom stereocenters. The lowest BCUT2D eigenvalue weighted by Gasteiger charge is -2.38. The summed E-state index contributed by atoms with van der Waals surface area (Å²) in [5.74, 6) is 0.609. The minimum atomic E-state index is -4.87. The first-order valence-electron chi connectivity index (χ1n) is 13.6. The number of aliphatic hydroxyl groups is 1. The highest BCUT2D eigenvalue weighted by Gasteiger charge is 2.56. The average molecular weight is 558 g/mol. The maximum absolute atomic E-state index is 14.7. The van der Waals surface area contributed by atoms with Crippen LogP contribution in [-0.2, 0) is 18.3 Å². The molecule has 41 heavy (non-hydrogen) atoms. The number of nitrogens with zero attached hydrogens (tertiary/aromatic N) is 2. The van der Waals surface area contributed by atoms with Gasteiger partial charge in [-0.1, -0.05) is 50.2 Å². The topological polar surface area (TPSA) is 71.0 Å². The summed E-state index contributed by atoms with van der Waals surface area (Å²) in [6.07, 6.45) is -0.364. The summed E-state index contributed by atoms with van der Waals surface area (Å²) in [6.45, 7) is 3.93. The molecular formula is C33H30F3N3O2. The molecule has 5 nitrogen and oxygen atoms in total. The molecular weight excluding hydrogens is 527 g/mol. The number of benzene rings is 2. The van der Waals surface area contributed by atoms with Gasteiger partial charge in [0.25, 0.3) is 0 Å². The van der Waals surface area contributed by atoms with Crippen LogP contribution in [0, 0.1) is 0 Å². The van der Waals surface area contributed by atoms with Crippen molar-refractivity contribution in [2.75, 3.05) is 6.61 Å². The van der Waals surface area contributed by atoms with Gasteiger partial charge >= 0.3 is 6.18 Å². The van der Waals surface area contributed by atoms with Gasteiger partial charge in [-0.2, -0.15) is 13.2 Å². The molecule has 8 heteroatoms. The molecule has 1 unspecified atom stereocenters. The molecule has 0 saturated carbocycles. The smallest absolute Gasteiger partial charge is 0.417 e. The number of alkyl halides is 3. The normalized spacial score (nSPS) is 15.0. The lowest BCUT2D eigenvalue weighted by Crippen LogP contribution is -2.51. The number of fused-ring (bicyclic) bond motifs is 2. The number of ether oxygens (including phenoxy) is 1. The van der Waals surface area contributed by atoms with Gasteiger partial charge in [0.1, 0.15) is 5.75 Å². The second-order valence-corrected chi connectivity index (χ2v) is 11.4. The van der Waals surface area contributed by atoms with Gasteiger partial charge in [0.15, 0.2) is 5.60 Å². The van der Waals surface area contributed by atoms with Gasteiger partial charge in [-0.3, -0.25) is 9.97 Å². The maximum atomic E-state index is 14.7. The summed E-state index contributed by atoms with van der Waals surface area (Å²) in [6, 6.07) is 20.7. The van der Waals surface area contributed by atoms with E-state index in [0.29, 0.717) is 29.9 Å². The summed E-state index contributed by atoms with van der Waals surface area (Å²) in [4.78, 5) is 11.7. The number of pyridine rings is 2. The van der Waals surface area contributed by atoms with Crippen molar-refractivity contribution in [3.8, 4) is 28.1 Å². The second kappa shape index (κ2) is 10.0. The van der Waals surface area contributed by atoms with Crippen molar-refractivity contribution in [2.24, 2.45) is 0 Å². The molecule has 0 bridgehead atoms. The number of aromatic amines is 1. The van der Waals surface area contributed by atoms with E-state index in [0.717, 1.165) is 33.3 Å². The molecule has 0 saturated heterocycles. The molecule has 2 N–H and O–H groups in total. The van der Waals surface area contributed by atoms with Gasteiger partial charge < -0.3 is 14.8 Å². The van der Waals surface area contributed by atoms with Crippen LogP contribution in [0.25, 0.3) is 33.3 Å². The number of halogens is 3. The monoisotopic (exact) mass is 557 g/mol. The average Bonchev–Trinajstić information content (AvgIpc) is 3.58. The van der Waals surface area contributed by atoms with E-state index in [1.165, 1.54) is 0 Å². The maximum Gasteiger partial charge on any atom is 0.417 e. The van der Waals surface area contributed by atoms with Crippen molar-refractivity contribution in [3.63, 3.8) is 0 Å². The third-order valence-electron chi connectivity index (χ3n) is 7.88. The van der Waals surface area contributed by atoms with E-state index >= 15 is 0 Å². The molecule has 6 rings (SSSR count). The summed E-state index contributed by atoms with van der Waals surface area (Å²) < 4.78 is 50.0. The van der Waals surface area contributed by atoms with Crippen LogP contribution in [0.2, 0.25) is 0 Å². The van der Waals surface area contributed by atoms with E-state index in [-0.39, 0.29) is 5.69 Å². The van der Waals surface area contributed by atoms with Crippen LogP contribution >= 0.6 is 0 Å². The minimum absolute atomic E-state index is 0.285. The Balaban J connectivity index is 1.35. The van der Waals surface area contributed by atoms with Crippen molar-refractivity contribution in [1.29, 1.82) is 0 Å². The molecule has 4 heterocycles. The Morgan fingerprint density at radius 1 is 0.927 bits per heavy atom. The first-order valence-corrected chi connectivity index (χ1v) is 13.6. The molecule has 3 aromatic heterocycles. The van der Waals surface area contributed by atoms with E-state index in [2.05, 4.69) is 15.0 Å². The summed E-state index contributed by atoms with van der Waals surface area (Å²) in [5.41, 5.74) is 1.77. The number of H-pyrrole nitrogens is 1. The van der Waals surface area contributed by atoms with Crippen molar-refractivity contribution in [3.05, 3.63) is 102 Å². The Kier molecular flexibility index (Phi) is 6.61. The van der Waals surface area contributed by atoms with Gasteiger partial charge in [0.05, 0.1) is 24.0 Å².